The smallest absolute Gasteiger partial charge is 0.138 e. The van der Waals surface area contributed by atoms with E-state index >= 15 is 0 Å². The number of hydrogen-bond acceptors (Lipinski definition) is 2. The van der Waals surface area contributed by atoms with Crippen molar-refractivity contribution >= 4 is 34.1 Å². The number of hydrogen-bond donors (Lipinski definition) is 0. The molecule has 2 aromatic heterocycles. The summed E-state index contributed by atoms with van der Waals surface area (Å²) >= 11 is 11.7. The average Bonchev–Trinajstić information content (AvgIpc) is 2.12. The van der Waals surface area contributed by atoms with Crippen LogP contribution in [-0.4, -0.2) is 9.97 Å². The Kier molecular flexibility index (Phi) is 1.87. The Balaban J connectivity index is 2.95. The predicted octanol–water partition coefficient (Wildman–Crippen LogP) is 2.94. The molecule has 0 aromatic carbocycles. The first kappa shape index (κ1) is 7.77. The van der Waals surface area contributed by atoms with Gasteiger partial charge in [-0.3, -0.25) is 4.98 Å². The molecule has 4 heteroatoms. The summed E-state index contributed by atoms with van der Waals surface area (Å²) in [7, 11) is 0. The normalized spacial score (nSPS) is 10.5. The van der Waals surface area contributed by atoms with E-state index in [9.17, 15) is 0 Å². The van der Waals surface area contributed by atoms with Crippen LogP contribution in [0.3, 0.4) is 0 Å². The van der Waals surface area contributed by atoms with Crippen molar-refractivity contribution < 1.29 is 0 Å². The summed E-state index contributed by atoms with van der Waals surface area (Å²) in [6.07, 6.45) is 3.17. The summed E-state index contributed by atoms with van der Waals surface area (Å²) in [6, 6.07) is 3.63. The Labute approximate surface area is 79.2 Å². The largest absolute Gasteiger partial charge is 0.255 e. The van der Waals surface area contributed by atoms with E-state index in [-0.39, 0.29) is 0 Å². The molecule has 2 rings (SSSR count). The van der Waals surface area contributed by atoms with Crippen LogP contribution in [0.15, 0.2) is 24.5 Å². The van der Waals surface area contributed by atoms with Gasteiger partial charge in [0.1, 0.15) is 5.15 Å². The van der Waals surface area contributed by atoms with Gasteiger partial charge in [0.15, 0.2) is 0 Å². The number of fused-ring (bicyclic) bond motifs is 1. The van der Waals surface area contributed by atoms with Crippen LogP contribution in [0.1, 0.15) is 0 Å². The highest BCUT2D eigenvalue weighted by Gasteiger charge is 2.03. The second kappa shape index (κ2) is 2.88. The molecule has 2 heterocycles. The fraction of sp³-hybridized carbons (Fsp3) is 0. The van der Waals surface area contributed by atoms with Gasteiger partial charge in [0.25, 0.3) is 0 Å². The van der Waals surface area contributed by atoms with Crippen LogP contribution in [0.25, 0.3) is 10.9 Å². The van der Waals surface area contributed by atoms with Crippen LogP contribution in [0, 0.1) is 0 Å². The highest BCUT2D eigenvalue weighted by molar-refractivity contribution is 6.38. The van der Waals surface area contributed by atoms with E-state index < -0.39 is 0 Å². The predicted molar refractivity (Wildman–Crippen MR) is 49.6 cm³/mol. The third-order valence-electron chi connectivity index (χ3n) is 1.55. The molecule has 0 N–H and O–H groups in total. The molecule has 2 aromatic rings. The molecular formula is C8H4Cl2N2. The number of nitrogens with zero attached hydrogens (tertiary/aromatic N) is 2. The minimum Gasteiger partial charge on any atom is -0.255 e. The summed E-state index contributed by atoms with van der Waals surface area (Å²) in [6.45, 7) is 0. The summed E-state index contributed by atoms with van der Waals surface area (Å²) in [5.74, 6) is 0. The van der Waals surface area contributed by atoms with Crippen molar-refractivity contribution in [3.63, 3.8) is 0 Å². The van der Waals surface area contributed by atoms with Gasteiger partial charge in [0.05, 0.1) is 10.5 Å². The van der Waals surface area contributed by atoms with Gasteiger partial charge in [-0.1, -0.05) is 23.2 Å². The van der Waals surface area contributed by atoms with Crippen LogP contribution in [-0.2, 0) is 0 Å². The van der Waals surface area contributed by atoms with E-state index in [2.05, 4.69) is 9.97 Å². The maximum Gasteiger partial charge on any atom is 0.138 e. The second-order valence-corrected chi connectivity index (χ2v) is 3.06. The highest BCUT2D eigenvalue weighted by atomic mass is 35.5. The maximum atomic E-state index is 5.85. The van der Waals surface area contributed by atoms with Gasteiger partial charge in [-0.25, -0.2) is 4.98 Å². The molecule has 0 atom stereocenters. The van der Waals surface area contributed by atoms with Crippen molar-refractivity contribution in [2.75, 3.05) is 0 Å². The zero-order valence-corrected chi connectivity index (χ0v) is 7.47. The molecule has 12 heavy (non-hydrogen) atoms. The maximum absolute atomic E-state index is 5.85. The molecule has 0 bridgehead atoms. The minimum absolute atomic E-state index is 0.433. The van der Waals surface area contributed by atoms with Crippen LogP contribution in [0.5, 0.6) is 0 Å². The second-order valence-electron chi connectivity index (χ2n) is 2.30. The quantitative estimate of drug-likeness (QED) is 0.609. The molecule has 0 aliphatic heterocycles. The van der Waals surface area contributed by atoms with Gasteiger partial charge in [-0.05, 0) is 12.1 Å². The van der Waals surface area contributed by atoms with Crippen LogP contribution < -0.4 is 0 Å². The Hall–Kier alpha value is -0.860. The topological polar surface area (TPSA) is 25.8 Å². The number of aromatic nitrogens is 2. The van der Waals surface area contributed by atoms with Crippen molar-refractivity contribution in [1.29, 1.82) is 0 Å². The van der Waals surface area contributed by atoms with Crippen LogP contribution in [0.4, 0.5) is 0 Å². The lowest BCUT2D eigenvalue weighted by Gasteiger charge is -1.98. The minimum atomic E-state index is 0.433. The molecule has 0 unspecified atom stereocenters. The molecule has 0 amide bonds. The standard InChI is InChI=1S/C8H4Cl2N2/c9-6-4-12-8(10)5-2-1-3-11-7(5)6/h1-4H. The number of halogens is 2. The van der Waals surface area contributed by atoms with E-state index in [4.69, 9.17) is 23.2 Å². The lowest BCUT2D eigenvalue weighted by molar-refractivity contribution is 1.32. The molecular weight excluding hydrogens is 195 g/mol. The SMILES string of the molecule is Clc1ncc(Cl)c2ncccc12. The molecule has 0 aliphatic carbocycles. The van der Waals surface area contributed by atoms with Gasteiger partial charge in [-0.2, -0.15) is 0 Å². The Bertz CT molecular complexity index is 388. The summed E-state index contributed by atoms with van der Waals surface area (Å²) < 4.78 is 0. The third-order valence-corrected chi connectivity index (χ3v) is 2.13. The first-order chi connectivity index (χ1) is 5.79. The Morgan fingerprint density at radius 1 is 1.17 bits per heavy atom. The van der Waals surface area contributed by atoms with Crippen molar-refractivity contribution in [3.05, 3.63) is 34.7 Å². The molecule has 0 saturated carbocycles. The molecule has 0 spiro atoms. The summed E-state index contributed by atoms with van der Waals surface area (Å²) in [5.41, 5.74) is 0.694. The molecule has 0 saturated heterocycles. The van der Waals surface area contributed by atoms with Crippen molar-refractivity contribution in [3.8, 4) is 0 Å². The highest BCUT2D eigenvalue weighted by Crippen LogP contribution is 2.24. The lowest BCUT2D eigenvalue weighted by Crippen LogP contribution is -1.82. The fourth-order valence-electron chi connectivity index (χ4n) is 1.01. The first-order valence-corrected chi connectivity index (χ1v) is 4.09. The third kappa shape index (κ3) is 1.13. The van der Waals surface area contributed by atoms with Gasteiger partial charge in [-0.15, -0.1) is 0 Å². The molecule has 2 nitrogen and oxygen atoms in total. The van der Waals surface area contributed by atoms with Crippen molar-refractivity contribution in [2.45, 2.75) is 0 Å². The van der Waals surface area contributed by atoms with E-state index in [1.165, 1.54) is 6.20 Å². The number of rotatable bonds is 0. The van der Waals surface area contributed by atoms with Crippen LogP contribution in [0.2, 0.25) is 10.2 Å². The zero-order chi connectivity index (χ0) is 8.55. The van der Waals surface area contributed by atoms with Gasteiger partial charge in [0, 0.05) is 17.8 Å². The van der Waals surface area contributed by atoms with E-state index in [0.717, 1.165) is 5.39 Å². The Morgan fingerprint density at radius 2 is 2.00 bits per heavy atom. The van der Waals surface area contributed by atoms with E-state index in [1.807, 2.05) is 6.07 Å². The zero-order valence-electron chi connectivity index (χ0n) is 5.96. The average molecular weight is 199 g/mol. The van der Waals surface area contributed by atoms with E-state index in [1.54, 1.807) is 12.3 Å². The Morgan fingerprint density at radius 3 is 2.75 bits per heavy atom. The number of pyridine rings is 2. The van der Waals surface area contributed by atoms with Crippen molar-refractivity contribution in [2.24, 2.45) is 0 Å². The first-order valence-electron chi connectivity index (χ1n) is 3.34. The monoisotopic (exact) mass is 198 g/mol. The van der Waals surface area contributed by atoms with Crippen molar-refractivity contribution in [1.82, 2.24) is 9.97 Å². The van der Waals surface area contributed by atoms with Crippen LogP contribution >= 0.6 is 23.2 Å². The molecule has 60 valence electrons. The van der Waals surface area contributed by atoms with Gasteiger partial charge >= 0.3 is 0 Å². The van der Waals surface area contributed by atoms with Gasteiger partial charge < -0.3 is 0 Å². The molecule has 0 aliphatic rings. The molecule has 0 radical (unpaired) electrons. The van der Waals surface area contributed by atoms with Gasteiger partial charge in [0.2, 0.25) is 0 Å². The molecule has 0 fully saturated rings. The summed E-state index contributed by atoms with van der Waals surface area (Å²) in [5, 5.41) is 1.74. The lowest BCUT2D eigenvalue weighted by atomic mass is 10.3. The van der Waals surface area contributed by atoms with E-state index in [0.29, 0.717) is 15.7 Å². The fourth-order valence-corrected chi connectivity index (χ4v) is 1.41. The summed E-state index contributed by atoms with van der Waals surface area (Å²) in [4.78, 5) is 7.99.